The Kier molecular flexibility index (Phi) is 5.25. The molecular formula is C8H16ClNO2. The van der Waals surface area contributed by atoms with Crippen LogP contribution in [-0.4, -0.2) is 25.2 Å². The molecule has 0 radical (unpaired) electrons. The van der Waals surface area contributed by atoms with Gasteiger partial charge < -0.3 is 10.1 Å². The molecule has 1 aliphatic rings. The van der Waals surface area contributed by atoms with Crippen LogP contribution in [0.1, 0.15) is 26.2 Å². The summed E-state index contributed by atoms with van der Waals surface area (Å²) in [5.41, 5.74) is 0. The van der Waals surface area contributed by atoms with E-state index >= 15 is 0 Å². The molecule has 1 fully saturated rings. The first-order valence-electron chi connectivity index (χ1n) is 4.08. The maximum absolute atomic E-state index is 11.0. The average Bonchev–Trinajstić information content (AvgIpc) is 2.03. The molecule has 3 nitrogen and oxygen atoms in total. The smallest absolute Gasteiger partial charge is 0.322 e. The molecule has 1 N–H and O–H groups in total. The van der Waals surface area contributed by atoms with Crippen molar-refractivity contribution in [3.63, 3.8) is 0 Å². The van der Waals surface area contributed by atoms with Gasteiger partial charge in [0, 0.05) is 6.04 Å². The zero-order chi connectivity index (χ0) is 8.27. The molecule has 0 unspecified atom stereocenters. The maximum atomic E-state index is 11.0. The molecule has 0 spiro atoms. The van der Waals surface area contributed by atoms with E-state index in [2.05, 4.69) is 17.0 Å². The van der Waals surface area contributed by atoms with Crippen molar-refractivity contribution in [2.24, 2.45) is 0 Å². The predicted molar refractivity (Wildman–Crippen MR) is 49.5 cm³/mol. The number of halogens is 1. The molecular weight excluding hydrogens is 178 g/mol. The summed E-state index contributed by atoms with van der Waals surface area (Å²) in [6, 6.07) is 0.386. The number of carbonyl (C=O) groups is 1. The summed E-state index contributed by atoms with van der Waals surface area (Å²) in [6.07, 6.45) is 3.19. The van der Waals surface area contributed by atoms with Crippen LogP contribution in [0.25, 0.3) is 0 Å². The van der Waals surface area contributed by atoms with Crippen molar-refractivity contribution in [2.45, 2.75) is 38.3 Å². The Hall–Kier alpha value is -0.280. The van der Waals surface area contributed by atoms with E-state index in [1.165, 1.54) is 7.11 Å². The van der Waals surface area contributed by atoms with E-state index in [0.29, 0.717) is 6.04 Å². The number of methoxy groups -OCH3 is 1. The van der Waals surface area contributed by atoms with E-state index in [1.807, 2.05) is 0 Å². The number of esters is 1. The van der Waals surface area contributed by atoms with Crippen LogP contribution in [0.4, 0.5) is 0 Å². The van der Waals surface area contributed by atoms with Crippen LogP contribution in [-0.2, 0) is 9.53 Å². The molecule has 1 saturated heterocycles. The highest BCUT2D eigenvalue weighted by atomic mass is 35.5. The van der Waals surface area contributed by atoms with Crippen LogP contribution in [0.15, 0.2) is 0 Å². The highest BCUT2D eigenvalue weighted by molar-refractivity contribution is 5.85. The fourth-order valence-electron chi connectivity index (χ4n) is 1.47. The van der Waals surface area contributed by atoms with Crippen LogP contribution in [0.2, 0.25) is 0 Å². The highest BCUT2D eigenvalue weighted by Crippen LogP contribution is 2.12. The summed E-state index contributed by atoms with van der Waals surface area (Å²) in [6.45, 7) is 2.09. The van der Waals surface area contributed by atoms with Crippen LogP contribution >= 0.6 is 12.4 Å². The van der Waals surface area contributed by atoms with E-state index < -0.39 is 0 Å². The Morgan fingerprint density at radius 2 is 2.17 bits per heavy atom. The van der Waals surface area contributed by atoms with Crippen molar-refractivity contribution in [1.82, 2.24) is 5.32 Å². The standard InChI is InChI=1S/C8H15NO2.ClH/c1-6-4-3-5-7(9-6)8(10)11-2;/h6-7,9H,3-5H2,1-2H3;1H/t6-,7-;/m0./s1. The van der Waals surface area contributed by atoms with E-state index in [4.69, 9.17) is 0 Å². The Labute approximate surface area is 79.3 Å². The maximum Gasteiger partial charge on any atom is 0.322 e. The minimum absolute atomic E-state index is 0. The molecule has 0 aromatic rings. The number of carbonyl (C=O) groups excluding carboxylic acids is 1. The molecule has 0 saturated carbocycles. The third-order valence-corrected chi connectivity index (χ3v) is 2.10. The molecule has 1 aliphatic heterocycles. The molecule has 0 aromatic carbocycles. The molecule has 4 heteroatoms. The van der Waals surface area contributed by atoms with Gasteiger partial charge in [-0.2, -0.15) is 0 Å². The minimum Gasteiger partial charge on any atom is -0.468 e. The number of nitrogens with one attached hydrogen (secondary N) is 1. The SMILES string of the molecule is COC(=O)[C@@H]1CCC[C@H](C)N1.Cl. The second kappa shape index (κ2) is 5.38. The fourth-order valence-corrected chi connectivity index (χ4v) is 1.47. The first-order valence-corrected chi connectivity index (χ1v) is 4.08. The first-order chi connectivity index (χ1) is 5.24. The fraction of sp³-hybridized carbons (Fsp3) is 0.875. The molecule has 0 aromatic heterocycles. The Bertz CT molecular complexity index is 152. The number of piperidine rings is 1. The number of hydrogen-bond acceptors (Lipinski definition) is 3. The van der Waals surface area contributed by atoms with Gasteiger partial charge in [-0.1, -0.05) is 0 Å². The van der Waals surface area contributed by atoms with Gasteiger partial charge in [-0.15, -0.1) is 12.4 Å². The van der Waals surface area contributed by atoms with Crippen molar-refractivity contribution >= 4 is 18.4 Å². The number of rotatable bonds is 1. The van der Waals surface area contributed by atoms with E-state index in [1.54, 1.807) is 0 Å². The normalized spacial score (nSPS) is 28.8. The van der Waals surface area contributed by atoms with E-state index in [-0.39, 0.29) is 24.4 Å². The van der Waals surface area contributed by atoms with Crippen LogP contribution in [0, 0.1) is 0 Å². The quantitative estimate of drug-likeness (QED) is 0.635. The van der Waals surface area contributed by atoms with Gasteiger partial charge in [0.2, 0.25) is 0 Å². The van der Waals surface area contributed by atoms with Gasteiger partial charge in [0.15, 0.2) is 0 Å². The molecule has 1 heterocycles. The van der Waals surface area contributed by atoms with Gasteiger partial charge >= 0.3 is 5.97 Å². The summed E-state index contributed by atoms with van der Waals surface area (Å²) < 4.78 is 4.64. The molecule has 72 valence electrons. The van der Waals surface area contributed by atoms with Gasteiger partial charge in [-0.3, -0.25) is 4.79 Å². The lowest BCUT2D eigenvalue weighted by Gasteiger charge is -2.26. The van der Waals surface area contributed by atoms with E-state index in [9.17, 15) is 4.79 Å². The monoisotopic (exact) mass is 193 g/mol. The second-order valence-electron chi connectivity index (χ2n) is 3.07. The van der Waals surface area contributed by atoms with Gasteiger partial charge in [0.25, 0.3) is 0 Å². The summed E-state index contributed by atoms with van der Waals surface area (Å²) in [5, 5.41) is 3.19. The third-order valence-electron chi connectivity index (χ3n) is 2.10. The molecule has 1 rings (SSSR count). The predicted octanol–water partition coefficient (Wildman–Crippen LogP) is 1.11. The number of hydrogen-bond donors (Lipinski definition) is 1. The first kappa shape index (κ1) is 11.7. The lowest BCUT2D eigenvalue weighted by atomic mass is 10.00. The molecule has 0 aliphatic carbocycles. The third kappa shape index (κ3) is 2.99. The lowest BCUT2D eigenvalue weighted by molar-refractivity contribution is -0.144. The average molecular weight is 194 g/mol. The minimum atomic E-state index is -0.128. The number of ether oxygens (including phenoxy) is 1. The van der Waals surface area contributed by atoms with Crippen molar-refractivity contribution in [2.75, 3.05) is 7.11 Å². The van der Waals surface area contributed by atoms with Crippen LogP contribution in [0.3, 0.4) is 0 Å². The largest absolute Gasteiger partial charge is 0.468 e. The molecule has 12 heavy (non-hydrogen) atoms. The van der Waals surface area contributed by atoms with Crippen LogP contribution in [0.5, 0.6) is 0 Å². The van der Waals surface area contributed by atoms with Gasteiger partial charge in [0.05, 0.1) is 7.11 Å². The zero-order valence-corrected chi connectivity index (χ0v) is 8.32. The Morgan fingerprint density at radius 3 is 2.67 bits per heavy atom. The zero-order valence-electron chi connectivity index (χ0n) is 7.50. The van der Waals surface area contributed by atoms with Crippen molar-refractivity contribution < 1.29 is 9.53 Å². The summed E-state index contributed by atoms with van der Waals surface area (Å²) in [4.78, 5) is 11.0. The van der Waals surface area contributed by atoms with E-state index in [0.717, 1.165) is 19.3 Å². The second-order valence-corrected chi connectivity index (χ2v) is 3.07. The highest BCUT2D eigenvalue weighted by Gasteiger charge is 2.24. The summed E-state index contributed by atoms with van der Waals surface area (Å²) in [7, 11) is 1.43. The van der Waals surface area contributed by atoms with Crippen molar-refractivity contribution in [1.29, 1.82) is 0 Å². The topological polar surface area (TPSA) is 38.3 Å². The summed E-state index contributed by atoms with van der Waals surface area (Å²) in [5.74, 6) is -0.128. The van der Waals surface area contributed by atoms with Gasteiger partial charge in [0.1, 0.15) is 6.04 Å². The molecule has 2 atom stereocenters. The van der Waals surface area contributed by atoms with Crippen LogP contribution < -0.4 is 5.32 Å². The van der Waals surface area contributed by atoms with Crippen molar-refractivity contribution in [3.05, 3.63) is 0 Å². The van der Waals surface area contributed by atoms with Gasteiger partial charge in [-0.05, 0) is 26.2 Å². The Balaban J connectivity index is 0.00000121. The molecule has 0 amide bonds. The Morgan fingerprint density at radius 1 is 1.50 bits per heavy atom. The van der Waals surface area contributed by atoms with Gasteiger partial charge in [-0.25, -0.2) is 0 Å². The van der Waals surface area contributed by atoms with Crippen molar-refractivity contribution in [3.8, 4) is 0 Å². The lowest BCUT2D eigenvalue weighted by Crippen LogP contribution is -2.45. The summed E-state index contributed by atoms with van der Waals surface area (Å²) >= 11 is 0. The molecule has 0 bridgehead atoms.